The number of fused-ring (bicyclic) bond motifs is 4. The highest BCUT2D eigenvalue weighted by molar-refractivity contribution is 5.59. The molecule has 2 aromatic carbocycles. The van der Waals surface area contributed by atoms with Gasteiger partial charge in [-0.15, -0.1) is 0 Å². The first kappa shape index (κ1) is 18.4. The van der Waals surface area contributed by atoms with Gasteiger partial charge in [0.2, 0.25) is 0 Å². The van der Waals surface area contributed by atoms with Crippen molar-refractivity contribution in [3.8, 4) is 0 Å². The van der Waals surface area contributed by atoms with E-state index in [0.717, 1.165) is 24.6 Å². The molecule has 4 nitrogen and oxygen atoms in total. The van der Waals surface area contributed by atoms with Crippen LogP contribution < -0.4 is 9.80 Å². The second-order valence-corrected chi connectivity index (χ2v) is 8.80. The average Bonchev–Trinajstić information content (AvgIpc) is 2.84. The summed E-state index contributed by atoms with van der Waals surface area (Å²) in [5, 5.41) is 0. The summed E-state index contributed by atoms with van der Waals surface area (Å²) in [6.07, 6.45) is 8.93. The molecule has 2 unspecified atom stereocenters. The van der Waals surface area contributed by atoms with Gasteiger partial charge in [0.05, 0.1) is 6.54 Å². The maximum atomic E-state index is 6.24. The number of ether oxygens (including phenoxy) is 2. The number of para-hydroxylation sites is 2. The predicted octanol–water partition coefficient (Wildman–Crippen LogP) is 5.25. The van der Waals surface area contributed by atoms with E-state index in [1.54, 1.807) is 0 Å². The Hall–Kier alpha value is -3.40. The zero-order valence-electron chi connectivity index (χ0n) is 17.7. The topological polar surface area (TPSA) is 24.9 Å². The van der Waals surface area contributed by atoms with Gasteiger partial charge < -0.3 is 19.3 Å². The molecule has 0 aromatic heterocycles. The molecule has 4 heteroatoms. The Labute approximate surface area is 183 Å². The third kappa shape index (κ3) is 2.97. The van der Waals surface area contributed by atoms with Gasteiger partial charge in [-0.05, 0) is 42.0 Å². The van der Waals surface area contributed by atoms with Crippen LogP contribution in [0.4, 0.5) is 11.4 Å². The number of allylic oxidation sites excluding steroid dienone is 4. The molecule has 1 fully saturated rings. The molecular formula is C27H26N2O2. The van der Waals surface area contributed by atoms with E-state index in [-0.39, 0.29) is 11.3 Å². The summed E-state index contributed by atoms with van der Waals surface area (Å²) in [7, 11) is 0. The van der Waals surface area contributed by atoms with Crippen LogP contribution >= 0.6 is 0 Å². The molecule has 0 bridgehead atoms. The Bertz CT molecular complexity index is 1120. The lowest BCUT2D eigenvalue weighted by Gasteiger charge is -2.49. The quantitative estimate of drug-likeness (QED) is 0.676. The normalized spacial score (nSPS) is 26.7. The fourth-order valence-electron chi connectivity index (χ4n) is 5.22. The smallest absolute Gasteiger partial charge is 0.161 e. The first-order valence-electron chi connectivity index (χ1n) is 10.9. The zero-order chi connectivity index (χ0) is 20.8. The molecule has 156 valence electrons. The average molecular weight is 411 g/mol. The van der Waals surface area contributed by atoms with Crippen molar-refractivity contribution >= 4 is 11.4 Å². The molecule has 1 saturated heterocycles. The lowest BCUT2D eigenvalue weighted by atomic mass is 9.63. The zero-order valence-corrected chi connectivity index (χ0v) is 17.7. The van der Waals surface area contributed by atoms with Gasteiger partial charge in [0, 0.05) is 34.8 Å². The maximum absolute atomic E-state index is 6.24. The Morgan fingerprint density at radius 1 is 0.839 bits per heavy atom. The Morgan fingerprint density at radius 3 is 2.26 bits per heavy atom. The van der Waals surface area contributed by atoms with E-state index in [2.05, 4.69) is 102 Å². The van der Waals surface area contributed by atoms with E-state index in [0.29, 0.717) is 13.5 Å². The molecule has 2 aliphatic heterocycles. The SMILES string of the molecule is CC12C=CC3=C(CN(c4ccccc4)CO3)C1=CC=C1OCN(c3ccccc3)CC12. The lowest BCUT2D eigenvalue weighted by molar-refractivity contribution is 0.104. The van der Waals surface area contributed by atoms with E-state index in [4.69, 9.17) is 9.47 Å². The van der Waals surface area contributed by atoms with Gasteiger partial charge in [0.25, 0.3) is 0 Å². The highest BCUT2D eigenvalue weighted by Crippen LogP contribution is 2.52. The predicted molar refractivity (Wildman–Crippen MR) is 123 cm³/mol. The van der Waals surface area contributed by atoms with Crippen molar-refractivity contribution in [3.63, 3.8) is 0 Å². The van der Waals surface area contributed by atoms with E-state index in [9.17, 15) is 0 Å². The van der Waals surface area contributed by atoms with E-state index in [1.807, 2.05) is 0 Å². The Morgan fingerprint density at radius 2 is 1.52 bits per heavy atom. The first-order valence-corrected chi connectivity index (χ1v) is 10.9. The molecule has 2 aliphatic carbocycles. The number of rotatable bonds is 2. The number of hydrogen-bond donors (Lipinski definition) is 0. The molecule has 31 heavy (non-hydrogen) atoms. The summed E-state index contributed by atoms with van der Waals surface area (Å²) in [5.74, 6) is 2.35. The fraction of sp³-hybridized carbons (Fsp3) is 0.259. The molecule has 4 aliphatic rings. The van der Waals surface area contributed by atoms with E-state index in [1.165, 1.54) is 22.5 Å². The largest absolute Gasteiger partial charge is 0.477 e. The van der Waals surface area contributed by atoms with Gasteiger partial charge in [0.1, 0.15) is 11.5 Å². The van der Waals surface area contributed by atoms with Gasteiger partial charge in [-0.25, -0.2) is 0 Å². The molecule has 0 radical (unpaired) electrons. The standard InChI is InChI=1S/C27H26N2O2/c1-27-15-14-25-22(16-28(18-30-25)20-8-4-2-5-9-20)23(27)12-13-26-24(27)17-29(19-31-26)21-10-6-3-7-11-21/h2-15,24H,16-19H2,1H3. The summed E-state index contributed by atoms with van der Waals surface area (Å²) in [5.41, 5.74) is 4.90. The molecule has 0 saturated carbocycles. The minimum Gasteiger partial charge on any atom is -0.477 e. The summed E-state index contributed by atoms with van der Waals surface area (Å²) < 4.78 is 12.4. The van der Waals surface area contributed by atoms with Crippen LogP contribution in [0.15, 0.2) is 108 Å². The lowest BCUT2D eigenvalue weighted by Crippen LogP contribution is -2.48. The molecule has 0 N–H and O–H groups in total. The number of anilines is 2. The number of nitrogens with zero attached hydrogens (tertiary/aromatic N) is 2. The molecule has 6 rings (SSSR count). The third-order valence-electron chi connectivity index (χ3n) is 7.02. The minimum atomic E-state index is -0.126. The Kier molecular flexibility index (Phi) is 4.20. The maximum Gasteiger partial charge on any atom is 0.161 e. The number of benzene rings is 2. The van der Waals surface area contributed by atoms with E-state index < -0.39 is 0 Å². The van der Waals surface area contributed by atoms with Crippen LogP contribution in [0.25, 0.3) is 0 Å². The fourth-order valence-corrected chi connectivity index (χ4v) is 5.22. The molecule has 2 heterocycles. The van der Waals surface area contributed by atoms with Gasteiger partial charge in [0.15, 0.2) is 13.5 Å². The molecule has 2 aromatic rings. The summed E-state index contributed by atoms with van der Waals surface area (Å²) in [6, 6.07) is 21.0. The minimum absolute atomic E-state index is 0.126. The van der Waals surface area contributed by atoms with Gasteiger partial charge in [-0.1, -0.05) is 55.5 Å². The van der Waals surface area contributed by atoms with Crippen LogP contribution in [0.3, 0.4) is 0 Å². The van der Waals surface area contributed by atoms with Crippen LogP contribution in [0.2, 0.25) is 0 Å². The molecular weight excluding hydrogens is 384 g/mol. The molecule has 0 amide bonds. The van der Waals surface area contributed by atoms with E-state index >= 15 is 0 Å². The second kappa shape index (κ2) is 7.09. The van der Waals surface area contributed by atoms with Gasteiger partial charge in [-0.3, -0.25) is 0 Å². The highest BCUT2D eigenvalue weighted by atomic mass is 16.5. The molecule has 2 atom stereocenters. The highest BCUT2D eigenvalue weighted by Gasteiger charge is 2.47. The van der Waals surface area contributed by atoms with Crippen molar-refractivity contribution in [2.24, 2.45) is 11.3 Å². The van der Waals surface area contributed by atoms with Gasteiger partial charge in [-0.2, -0.15) is 0 Å². The summed E-state index contributed by atoms with van der Waals surface area (Å²) in [6.45, 7) is 5.29. The van der Waals surface area contributed by atoms with Crippen LogP contribution in [0.5, 0.6) is 0 Å². The van der Waals surface area contributed by atoms with Crippen LogP contribution in [0.1, 0.15) is 6.92 Å². The van der Waals surface area contributed by atoms with Crippen molar-refractivity contribution in [3.05, 3.63) is 108 Å². The van der Waals surface area contributed by atoms with Crippen molar-refractivity contribution in [1.29, 1.82) is 0 Å². The van der Waals surface area contributed by atoms with Crippen LogP contribution in [0, 0.1) is 11.3 Å². The molecule has 0 spiro atoms. The Balaban J connectivity index is 1.33. The van der Waals surface area contributed by atoms with Crippen LogP contribution in [-0.2, 0) is 9.47 Å². The van der Waals surface area contributed by atoms with Crippen molar-refractivity contribution in [1.82, 2.24) is 0 Å². The van der Waals surface area contributed by atoms with Gasteiger partial charge >= 0.3 is 0 Å². The van der Waals surface area contributed by atoms with Crippen molar-refractivity contribution in [2.45, 2.75) is 6.92 Å². The number of hydrogen-bond acceptors (Lipinski definition) is 4. The van der Waals surface area contributed by atoms with Crippen molar-refractivity contribution in [2.75, 3.05) is 36.4 Å². The second-order valence-electron chi connectivity index (χ2n) is 8.80. The van der Waals surface area contributed by atoms with Crippen LogP contribution in [-0.4, -0.2) is 26.6 Å². The summed E-state index contributed by atoms with van der Waals surface area (Å²) in [4.78, 5) is 4.63. The monoisotopic (exact) mass is 410 g/mol. The summed E-state index contributed by atoms with van der Waals surface area (Å²) >= 11 is 0. The van der Waals surface area contributed by atoms with Crippen molar-refractivity contribution < 1.29 is 9.47 Å². The first-order chi connectivity index (χ1) is 15.2. The third-order valence-corrected chi connectivity index (χ3v) is 7.02.